The molecule has 5 atom stereocenters. The number of hydrogen-bond donors (Lipinski definition) is 2. The Morgan fingerprint density at radius 1 is 1.21 bits per heavy atom. The number of nitriles is 1. The number of aliphatic hydroxyl groups is 1. The van der Waals surface area contributed by atoms with E-state index in [0.29, 0.717) is 0 Å². The third kappa shape index (κ3) is 5.67. The Morgan fingerprint density at radius 3 is 2.25 bits per heavy atom. The lowest BCUT2D eigenvalue weighted by Crippen LogP contribution is -2.65. The standard InChI is InChI=1S/C14H20N2O7S/c1-7(18)16-11-13(22-9(3)20)12(21-8(2)19)10(6-17)23-14(11)24-5-4-15/h10-14,17H,5-6H2,1-3H3,(H,16,18). The molecule has 0 aromatic rings. The summed E-state index contributed by atoms with van der Waals surface area (Å²) < 4.78 is 16.0. The Balaban J connectivity index is 3.18. The van der Waals surface area contributed by atoms with Gasteiger partial charge in [0, 0.05) is 20.8 Å². The van der Waals surface area contributed by atoms with Crippen LogP contribution in [0.2, 0.25) is 0 Å². The van der Waals surface area contributed by atoms with Crippen molar-refractivity contribution in [1.29, 1.82) is 5.26 Å². The second-order valence-electron chi connectivity index (χ2n) is 5.07. The molecule has 1 heterocycles. The summed E-state index contributed by atoms with van der Waals surface area (Å²) in [5.74, 6) is -1.64. The van der Waals surface area contributed by atoms with Crippen LogP contribution in [0.5, 0.6) is 0 Å². The molecule has 10 heteroatoms. The number of carbonyl (C=O) groups excluding carboxylic acids is 3. The zero-order chi connectivity index (χ0) is 18.3. The lowest BCUT2D eigenvalue weighted by atomic mass is 9.97. The molecule has 0 aliphatic carbocycles. The molecule has 1 fully saturated rings. The predicted molar refractivity (Wildman–Crippen MR) is 82.5 cm³/mol. The average molecular weight is 360 g/mol. The van der Waals surface area contributed by atoms with Crippen molar-refractivity contribution in [2.75, 3.05) is 12.4 Å². The highest BCUT2D eigenvalue weighted by molar-refractivity contribution is 8.00. The Hall–Kier alpha value is -1.83. The molecule has 1 saturated heterocycles. The molecule has 24 heavy (non-hydrogen) atoms. The summed E-state index contributed by atoms with van der Waals surface area (Å²) in [6, 6.07) is 1.09. The van der Waals surface area contributed by atoms with Gasteiger partial charge in [-0.05, 0) is 0 Å². The maximum Gasteiger partial charge on any atom is 0.303 e. The first-order valence-electron chi connectivity index (χ1n) is 7.16. The Bertz CT molecular complexity index is 522. The van der Waals surface area contributed by atoms with Gasteiger partial charge in [-0.3, -0.25) is 14.4 Å². The number of esters is 2. The summed E-state index contributed by atoms with van der Waals surface area (Å²) in [4.78, 5) is 34.3. The number of nitrogens with one attached hydrogen (secondary N) is 1. The number of rotatable bonds is 6. The number of ether oxygens (including phenoxy) is 3. The van der Waals surface area contributed by atoms with Crippen LogP contribution in [0.4, 0.5) is 0 Å². The monoisotopic (exact) mass is 360 g/mol. The minimum absolute atomic E-state index is 0.0594. The minimum atomic E-state index is -1.09. The molecule has 0 aromatic carbocycles. The van der Waals surface area contributed by atoms with Crippen molar-refractivity contribution in [2.24, 2.45) is 0 Å². The molecule has 5 unspecified atom stereocenters. The predicted octanol–water partition coefficient (Wildman–Crippen LogP) is -0.672. The zero-order valence-electron chi connectivity index (χ0n) is 13.6. The highest BCUT2D eigenvalue weighted by Crippen LogP contribution is 2.31. The van der Waals surface area contributed by atoms with Crippen LogP contribution in [0, 0.1) is 11.3 Å². The molecule has 0 aromatic heterocycles. The van der Waals surface area contributed by atoms with Crippen LogP contribution in [-0.4, -0.2) is 65.1 Å². The molecule has 1 aliphatic rings. The maximum atomic E-state index is 11.5. The van der Waals surface area contributed by atoms with Crippen molar-refractivity contribution in [2.45, 2.75) is 50.6 Å². The van der Waals surface area contributed by atoms with Gasteiger partial charge in [-0.2, -0.15) is 5.26 Å². The van der Waals surface area contributed by atoms with E-state index in [1.165, 1.54) is 20.8 Å². The Labute approximate surface area is 143 Å². The van der Waals surface area contributed by atoms with Crippen LogP contribution >= 0.6 is 11.8 Å². The molecule has 0 bridgehead atoms. The SMILES string of the molecule is CC(=O)NC1C(SCC#N)OC(CO)C(OC(C)=O)C1OC(C)=O. The van der Waals surface area contributed by atoms with Crippen molar-refractivity contribution in [3.8, 4) is 6.07 Å². The quantitative estimate of drug-likeness (QED) is 0.591. The largest absolute Gasteiger partial charge is 0.456 e. The van der Waals surface area contributed by atoms with Crippen LogP contribution in [0.15, 0.2) is 0 Å². The molecule has 9 nitrogen and oxygen atoms in total. The van der Waals surface area contributed by atoms with Crippen LogP contribution in [0.3, 0.4) is 0 Å². The Kier molecular flexibility index (Phi) is 7.97. The van der Waals surface area contributed by atoms with Crippen molar-refractivity contribution in [3.63, 3.8) is 0 Å². The maximum absolute atomic E-state index is 11.5. The number of nitrogens with zero attached hydrogens (tertiary/aromatic N) is 1. The summed E-state index contributed by atoms with van der Waals surface area (Å²) in [5, 5.41) is 20.9. The first kappa shape index (κ1) is 20.2. The molecule has 0 radical (unpaired) electrons. The van der Waals surface area contributed by atoms with E-state index in [-0.39, 0.29) is 5.75 Å². The second-order valence-corrected chi connectivity index (χ2v) is 6.16. The van der Waals surface area contributed by atoms with Crippen LogP contribution in [0.25, 0.3) is 0 Å². The van der Waals surface area contributed by atoms with Crippen molar-refractivity contribution < 1.29 is 33.7 Å². The van der Waals surface area contributed by atoms with Gasteiger partial charge in [-0.25, -0.2) is 0 Å². The van der Waals surface area contributed by atoms with Gasteiger partial charge < -0.3 is 24.6 Å². The fourth-order valence-corrected chi connectivity index (χ4v) is 3.26. The van der Waals surface area contributed by atoms with Gasteiger partial charge >= 0.3 is 11.9 Å². The van der Waals surface area contributed by atoms with Gasteiger partial charge in [0.1, 0.15) is 17.6 Å². The normalized spacial score (nSPS) is 29.2. The molecule has 1 amide bonds. The molecule has 2 N–H and O–H groups in total. The molecule has 0 saturated carbocycles. The third-order valence-electron chi connectivity index (χ3n) is 3.11. The highest BCUT2D eigenvalue weighted by atomic mass is 32.2. The number of carbonyl (C=O) groups is 3. The summed E-state index contributed by atoms with van der Waals surface area (Å²) >= 11 is 1.08. The van der Waals surface area contributed by atoms with Gasteiger partial charge in [0.2, 0.25) is 5.91 Å². The number of thioether (sulfide) groups is 1. The summed E-state index contributed by atoms with van der Waals surface area (Å²) in [6.07, 6.45) is -3.11. The van der Waals surface area contributed by atoms with Gasteiger partial charge in [0.05, 0.1) is 18.4 Å². The molecule has 1 rings (SSSR count). The van der Waals surface area contributed by atoms with Crippen molar-refractivity contribution in [1.82, 2.24) is 5.32 Å². The van der Waals surface area contributed by atoms with Crippen molar-refractivity contribution in [3.05, 3.63) is 0 Å². The Morgan fingerprint density at radius 2 is 1.79 bits per heavy atom. The van der Waals surface area contributed by atoms with Gasteiger partial charge in [0.25, 0.3) is 0 Å². The van der Waals surface area contributed by atoms with Crippen LogP contribution < -0.4 is 5.32 Å². The van der Waals surface area contributed by atoms with E-state index in [2.05, 4.69) is 5.32 Å². The van der Waals surface area contributed by atoms with E-state index in [4.69, 9.17) is 19.5 Å². The molecule has 1 aliphatic heterocycles. The zero-order valence-corrected chi connectivity index (χ0v) is 14.4. The summed E-state index contributed by atoms with van der Waals surface area (Å²) in [7, 11) is 0. The smallest absolute Gasteiger partial charge is 0.303 e. The van der Waals surface area contributed by atoms with E-state index < -0.39 is 54.2 Å². The van der Waals surface area contributed by atoms with Gasteiger partial charge in [-0.1, -0.05) is 0 Å². The van der Waals surface area contributed by atoms with E-state index in [1.807, 2.05) is 6.07 Å². The average Bonchev–Trinajstić information content (AvgIpc) is 2.48. The molecule has 0 spiro atoms. The van der Waals surface area contributed by atoms with E-state index in [0.717, 1.165) is 11.8 Å². The summed E-state index contributed by atoms with van der Waals surface area (Å²) in [5.41, 5.74) is -0.762. The minimum Gasteiger partial charge on any atom is -0.456 e. The first-order chi connectivity index (χ1) is 11.3. The lowest BCUT2D eigenvalue weighted by molar-refractivity contribution is -0.209. The van der Waals surface area contributed by atoms with E-state index in [1.54, 1.807) is 0 Å². The van der Waals surface area contributed by atoms with Crippen LogP contribution in [0.1, 0.15) is 20.8 Å². The molecular weight excluding hydrogens is 340 g/mol. The van der Waals surface area contributed by atoms with E-state index >= 15 is 0 Å². The molecular formula is C14H20N2O7S. The number of aliphatic hydroxyl groups excluding tert-OH is 1. The van der Waals surface area contributed by atoms with Crippen LogP contribution in [-0.2, 0) is 28.6 Å². The number of amides is 1. The fraction of sp³-hybridized carbons (Fsp3) is 0.714. The third-order valence-corrected chi connectivity index (χ3v) is 4.14. The van der Waals surface area contributed by atoms with Gasteiger partial charge in [0.15, 0.2) is 12.2 Å². The van der Waals surface area contributed by atoms with E-state index in [9.17, 15) is 19.5 Å². The first-order valence-corrected chi connectivity index (χ1v) is 8.21. The molecule has 134 valence electrons. The summed E-state index contributed by atoms with van der Waals surface area (Å²) in [6.45, 7) is 3.13. The fourth-order valence-electron chi connectivity index (χ4n) is 2.37. The highest BCUT2D eigenvalue weighted by Gasteiger charge is 2.50. The topological polar surface area (TPSA) is 135 Å². The lowest BCUT2D eigenvalue weighted by Gasteiger charge is -2.44. The number of hydrogen-bond acceptors (Lipinski definition) is 9. The second kappa shape index (κ2) is 9.46. The van der Waals surface area contributed by atoms with Gasteiger partial charge in [-0.15, -0.1) is 11.8 Å². The van der Waals surface area contributed by atoms with Crippen molar-refractivity contribution >= 4 is 29.6 Å².